The molecule has 0 heterocycles. The molecule has 0 saturated heterocycles. The minimum Gasteiger partial charge on any atom is -0.481 e. The Morgan fingerprint density at radius 1 is 0.528 bits per heavy atom. The van der Waals surface area contributed by atoms with Gasteiger partial charge in [-0.05, 0) is 12.8 Å². The fourth-order valence-corrected chi connectivity index (χ4v) is 2.17. The Kier molecular flexibility index (Phi) is 48.6. The molecule has 0 radical (unpaired) electrons. The van der Waals surface area contributed by atoms with Gasteiger partial charge in [-0.3, -0.25) is 19.2 Å². The number of carbonyl (C=O) groups is 4. The zero-order valence-corrected chi connectivity index (χ0v) is 22.7. The van der Waals surface area contributed by atoms with Crippen molar-refractivity contribution in [3.05, 3.63) is 0 Å². The standard InChI is InChI=1S/2C9H18O2.C3H8O3.2C2H4O2/c2*1-2-3-4-5-6-7-8-9(10)11;4-1-3(6)2-5;2*1-2(3)4/h2*2-8H2,1H3,(H,10,11);3-6H,1-2H2;2*1H3,(H,3,4). The molecule has 0 aromatic heterocycles. The molecule has 0 aliphatic heterocycles. The minimum atomic E-state index is -0.954. The summed E-state index contributed by atoms with van der Waals surface area (Å²) in [6.07, 6.45) is 13.5. The lowest BCUT2D eigenvalue weighted by Gasteiger charge is -1.97. The summed E-state index contributed by atoms with van der Waals surface area (Å²) in [5.41, 5.74) is 0. The minimum absolute atomic E-state index is 0.339. The number of carboxylic acids is 4. The SMILES string of the molecule is CC(=O)O.CC(=O)O.CCCCCCCCC(=O)O.CCCCCCCCC(=O)O.OCC(O)CO. The molecule has 0 aliphatic carbocycles. The van der Waals surface area contributed by atoms with Gasteiger partial charge >= 0.3 is 11.9 Å². The number of aliphatic hydroxyl groups excluding tert-OH is 3. The van der Waals surface area contributed by atoms with Crippen LogP contribution in [0.2, 0.25) is 0 Å². The first-order valence-corrected chi connectivity index (χ1v) is 12.5. The summed E-state index contributed by atoms with van der Waals surface area (Å²) in [5, 5.41) is 55.5. The number of aliphatic carboxylic acids is 4. The van der Waals surface area contributed by atoms with E-state index in [4.69, 9.17) is 45.3 Å². The van der Waals surface area contributed by atoms with Crippen LogP contribution in [0.1, 0.15) is 118 Å². The zero-order chi connectivity index (χ0) is 29.2. The highest BCUT2D eigenvalue weighted by Gasteiger charge is 1.96. The fourth-order valence-electron chi connectivity index (χ4n) is 2.17. The second kappa shape index (κ2) is 40.0. The lowest BCUT2D eigenvalue weighted by atomic mass is 10.1. The molecule has 0 atom stereocenters. The first kappa shape index (κ1) is 43.8. The largest absolute Gasteiger partial charge is 0.481 e. The Labute approximate surface area is 216 Å². The van der Waals surface area contributed by atoms with E-state index in [0.29, 0.717) is 12.8 Å². The summed E-state index contributed by atoms with van der Waals surface area (Å²) >= 11 is 0. The van der Waals surface area contributed by atoms with Gasteiger partial charge in [-0.1, -0.05) is 78.1 Å². The van der Waals surface area contributed by atoms with Crippen LogP contribution in [0.25, 0.3) is 0 Å². The van der Waals surface area contributed by atoms with E-state index >= 15 is 0 Å². The lowest BCUT2D eigenvalue weighted by Crippen LogP contribution is -2.15. The smallest absolute Gasteiger partial charge is 0.303 e. The van der Waals surface area contributed by atoms with Gasteiger partial charge in [0.15, 0.2) is 0 Å². The molecule has 11 nitrogen and oxygen atoms in total. The van der Waals surface area contributed by atoms with E-state index < -0.39 is 30.0 Å². The summed E-state index contributed by atoms with van der Waals surface area (Å²) in [6, 6.07) is 0. The Balaban J connectivity index is -0.000000119. The Morgan fingerprint density at radius 2 is 0.750 bits per heavy atom. The molecule has 0 aromatic carbocycles. The van der Waals surface area contributed by atoms with Crippen molar-refractivity contribution in [3.63, 3.8) is 0 Å². The number of rotatable bonds is 16. The molecule has 0 amide bonds. The summed E-state index contributed by atoms with van der Waals surface area (Å²) in [6.45, 7) is 5.79. The number of carboxylic acid groups (broad SMARTS) is 4. The van der Waals surface area contributed by atoms with E-state index in [0.717, 1.165) is 39.5 Å². The van der Waals surface area contributed by atoms with Crippen LogP contribution < -0.4 is 0 Å². The normalized spacial score (nSPS) is 9.11. The predicted molar refractivity (Wildman–Crippen MR) is 138 cm³/mol. The molecule has 0 aromatic rings. The summed E-state index contributed by atoms with van der Waals surface area (Å²) < 4.78 is 0. The Hall–Kier alpha value is -2.24. The van der Waals surface area contributed by atoms with Crippen LogP contribution in [0.15, 0.2) is 0 Å². The quantitative estimate of drug-likeness (QED) is 0.141. The average molecular weight is 529 g/mol. The molecular weight excluding hydrogens is 476 g/mol. The van der Waals surface area contributed by atoms with E-state index in [1.807, 2.05) is 0 Å². The highest BCUT2D eigenvalue weighted by molar-refractivity contribution is 5.66. The fraction of sp³-hybridized carbons (Fsp3) is 0.840. The highest BCUT2D eigenvalue weighted by atomic mass is 16.4. The van der Waals surface area contributed by atoms with Gasteiger partial charge in [0.2, 0.25) is 0 Å². The van der Waals surface area contributed by atoms with E-state index in [-0.39, 0.29) is 13.2 Å². The third kappa shape index (κ3) is 95.3. The second-order valence-corrected chi connectivity index (χ2v) is 7.88. The molecule has 218 valence electrons. The average Bonchev–Trinajstić information content (AvgIpc) is 2.77. The topological polar surface area (TPSA) is 210 Å². The molecule has 0 spiro atoms. The van der Waals surface area contributed by atoms with Crippen molar-refractivity contribution in [2.75, 3.05) is 13.2 Å². The van der Waals surface area contributed by atoms with Crippen molar-refractivity contribution in [1.82, 2.24) is 0 Å². The van der Waals surface area contributed by atoms with Crippen molar-refractivity contribution >= 4 is 23.9 Å². The molecule has 0 aliphatic rings. The van der Waals surface area contributed by atoms with Crippen LogP contribution in [-0.4, -0.2) is 78.9 Å². The van der Waals surface area contributed by atoms with Gasteiger partial charge in [-0.2, -0.15) is 0 Å². The van der Waals surface area contributed by atoms with Crippen LogP contribution in [0.3, 0.4) is 0 Å². The maximum absolute atomic E-state index is 10.1. The van der Waals surface area contributed by atoms with Crippen LogP contribution >= 0.6 is 0 Å². The number of hydrogen-bond donors (Lipinski definition) is 7. The Bertz CT molecular complexity index is 433. The molecule has 11 heteroatoms. The van der Waals surface area contributed by atoms with Gasteiger partial charge in [-0.15, -0.1) is 0 Å². The first-order valence-electron chi connectivity index (χ1n) is 12.5. The summed E-state index contributed by atoms with van der Waals surface area (Å²) in [7, 11) is 0. The third-order valence-corrected chi connectivity index (χ3v) is 3.91. The predicted octanol–water partition coefficient (Wildman–Crippen LogP) is 4.16. The van der Waals surface area contributed by atoms with Gasteiger partial charge in [0.25, 0.3) is 11.9 Å². The maximum Gasteiger partial charge on any atom is 0.303 e. The Morgan fingerprint density at radius 3 is 0.917 bits per heavy atom. The number of unbranched alkanes of at least 4 members (excludes halogenated alkanes) is 10. The molecule has 0 unspecified atom stereocenters. The van der Waals surface area contributed by atoms with E-state index in [1.54, 1.807) is 0 Å². The van der Waals surface area contributed by atoms with Crippen molar-refractivity contribution < 1.29 is 54.9 Å². The number of hydrogen-bond acceptors (Lipinski definition) is 7. The van der Waals surface area contributed by atoms with E-state index in [2.05, 4.69) is 13.8 Å². The second-order valence-electron chi connectivity index (χ2n) is 7.88. The molecule has 0 rings (SSSR count). The molecule has 36 heavy (non-hydrogen) atoms. The molecular formula is C25H52O11. The summed E-state index contributed by atoms with van der Waals surface area (Å²) in [4.78, 5) is 38.2. The van der Waals surface area contributed by atoms with Crippen LogP contribution in [-0.2, 0) is 19.2 Å². The molecule has 0 bridgehead atoms. The van der Waals surface area contributed by atoms with Crippen molar-refractivity contribution in [2.45, 2.75) is 124 Å². The molecule has 7 N–H and O–H groups in total. The van der Waals surface area contributed by atoms with Gasteiger partial charge in [-0.25, -0.2) is 0 Å². The highest BCUT2D eigenvalue weighted by Crippen LogP contribution is 2.07. The maximum atomic E-state index is 10.1. The van der Waals surface area contributed by atoms with Gasteiger partial charge in [0.05, 0.1) is 13.2 Å². The van der Waals surface area contributed by atoms with Crippen molar-refractivity contribution in [2.24, 2.45) is 0 Å². The summed E-state index contributed by atoms with van der Waals surface area (Å²) in [5.74, 6) is -3.00. The molecule has 0 fully saturated rings. The zero-order valence-electron chi connectivity index (χ0n) is 22.7. The third-order valence-electron chi connectivity index (χ3n) is 3.91. The number of aliphatic hydroxyl groups is 3. The van der Waals surface area contributed by atoms with Gasteiger partial charge in [0, 0.05) is 26.7 Å². The van der Waals surface area contributed by atoms with Crippen LogP contribution in [0, 0.1) is 0 Å². The van der Waals surface area contributed by atoms with E-state index in [9.17, 15) is 9.59 Å². The monoisotopic (exact) mass is 528 g/mol. The first-order chi connectivity index (χ1) is 16.8. The molecule has 0 saturated carbocycles. The van der Waals surface area contributed by atoms with Crippen molar-refractivity contribution in [1.29, 1.82) is 0 Å². The van der Waals surface area contributed by atoms with Crippen molar-refractivity contribution in [3.8, 4) is 0 Å². The van der Waals surface area contributed by atoms with Crippen LogP contribution in [0.4, 0.5) is 0 Å². The van der Waals surface area contributed by atoms with E-state index in [1.165, 1.54) is 51.4 Å². The van der Waals surface area contributed by atoms with Gasteiger partial charge in [0.1, 0.15) is 6.10 Å². The lowest BCUT2D eigenvalue weighted by molar-refractivity contribution is -0.138. The van der Waals surface area contributed by atoms with Crippen LogP contribution in [0.5, 0.6) is 0 Å². The van der Waals surface area contributed by atoms with Gasteiger partial charge < -0.3 is 35.7 Å².